The summed E-state index contributed by atoms with van der Waals surface area (Å²) in [6.45, 7) is 6.97. The highest BCUT2D eigenvalue weighted by molar-refractivity contribution is 7.99. The summed E-state index contributed by atoms with van der Waals surface area (Å²) in [6.07, 6.45) is 0. The second kappa shape index (κ2) is 7.14. The summed E-state index contributed by atoms with van der Waals surface area (Å²) in [7, 11) is 0. The predicted molar refractivity (Wildman–Crippen MR) is 66.0 cm³/mol. The van der Waals surface area contributed by atoms with Gasteiger partial charge in [-0.3, -0.25) is 9.69 Å². The molecule has 0 radical (unpaired) electrons. The monoisotopic (exact) mass is 247 g/mol. The standard InChI is InChI=1S/C11H21NO3S/c1-3-12(5-6-16-4-2)10-8-15-7-9(10)11(13)14/h9-10H,3-8H2,1-2H3,(H,13,14). The Kier molecular flexibility index (Phi) is 6.16. The van der Waals surface area contributed by atoms with Crippen LogP contribution in [0.3, 0.4) is 0 Å². The van der Waals surface area contributed by atoms with Crippen molar-refractivity contribution in [2.24, 2.45) is 5.92 Å². The molecule has 4 nitrogen and oxygen atoms in total. The van der Waals surface area contributed by atoms with Crippen molar-refractivity contribution in [1.29, 1.82) is 0 Å². The van der Waals surface area contributed by atoms with Gasteiger partial charge in [0.25, 0.3) is 0 Å². The molecule has 1 N–H and O–H groups in total. The molecule has 0 amide bonds. The van der Waals surface area contributed by atoms with Crippen molar-refractivity contribution in [3.63, 3.8) is 0 Å². The van der Waals surface area contributed by atoms with Crippen LogP contribution in [0.5, 0.6) is 0 Å². The fourth-order valence-electron chi connectivity index (χ4n) is 2.02. The van der Waals surface area contributed by atoms with Crippen LogP contribution in [-0.4, -0.2) is 59.8 Å². The minimum atomic E-state index is -0.732. The molecule has 2 unspecified atom stereocenters. The molecule has 1 aliphatic heterocycles. The second-order valence-corrected chi connectivity index (χ2v) is 5.27. The van der Waals surface area contributed by atoms with Gasteiger partial charge in [0.15, 0.2) is 0 Å². The number of hydrogen-bond donors (Lipinski definition) is 1. The van der Waals surface area contributed by atoms with E-state index in [1.54, 1.807) is 0 Å². The SMILES string of the molecule is CCSCCN(CC)C1COCC1C(=O)O. The van der Waals surface area contributed by atoms with Crippen molar-refractivity contribution in [3.05, 3.63) is 0 Å². The lowest BCUT2D eigenvalue weighted by molar-refractivity contribution is -0.143. The maximum atomic E-state index is 11.1. The largest absolute Gasteiger partial charge is 0.481 e. The zero-order chi connectivity index (χ0) is 12.0. The Balaban J connectivity index is 2.47. The molecule has 2 atom stereocenters. The fraction of sp³-hybridized carbons (Fsp3) is 0.909. The Morgan fingerprint density at radius 2 is 2.25 bits per heavy atom. The molecule has 5 heteroatoms. The molecule has 0 bridgehead atoms. The summed E-state index contributed by atoms with van der Waals surface area (Å²) in [5.41, 5.74) is 0. The Morgan fingerprint density at radius 1 is 1.50 bits per heavy atom. The first-order valence-electron chi connectivity index (χ1n) is 5.83. The van der Waals surface area contributed by atoms with E-state index >= 15 is 0 Å². The molecular formula is C11H21NO3S. The average molecular weight is 247 g/mol. The molecule has 94 valence electrons. The van der Waals surface area contributed by atoms with Gasteiger partial charge in [0.05, 0.1) is 19.1 Å². The van der Waals surface area contributed by atoms with Gasteiger partial charge in [-0.05, 0) is 12.3 Å². The number of rotatable bonds is 7. The minimum Gasteiger partial charge on any atom is -0.481 e. The van der Waals surface area contributed by atoms with Crippen LogP contribution in [0.1, 0.15) is 13.8 Å². The number of nitrogens with zero attached hydrogens (tertiary/aromatic N) is 1. The first-order valence-corrected chi connectivity index (χ1v) is 6.98. The van der Waals surface area contributed by atoms with Crippen LogP contribution in [0.25, 0.3) is 0 Å². The van der Waals surface area contributed by atoms with Crippen molar-refractivity contribution in [2.75, 3.05) is 37.8 Å². The smallest absolute Gasteiger partial charge is 0.310 e. The van der Waals surface area contributed by atoms with Gasteiger partial charge in [0, 0.05) is 18.3 Å². The lowest BCUT2D eigenvalue weighted by Crippen LogP contribution is -2.44. The van der Waals surface area contributed by atoms with Crippen LogP contribution < -0.4 is 0 Å². The third-order valence-corrected chi connectivity index (χ3v) is 3.85. The van der Waals surface area contributed by atoms with Gasteiger partial charge in [0.2, 0.25) is 0 Å². The van der Waals surface area contributed by atoms with Crippen LogP contribution in [0, 0.1) is 5.92 Å². The van der Waals surface area contributed by atoms with Gasteiger partial charge in [-0.25, -0.2) is 0 Å². The number of carboxylic acid groups (broad SMARTS) is 1. The molecule has 0 aliphatic carbocycles. The minimum absolute atomic E-state index is 0.0555. The van der Waals surface area contributed by atoms with Gasteiger partial charge in [-0.15, -0.1) is 0 Å². The second-order valence-electron chi connectivity index (χ2n) is 3.88. The van der Waals surface area contributed by atoms with Crippen LogP contribution in [-0.2, 0) is 9.53 Å². The normalized spacial score (nSPS) is 25.2. The Morgan fingerprint density at radius 3 is 2.81 bits per heavy atom. The average Bonchev–Trinajstić information content (AvgIpc) is 2.73. The molecule has 0 aromatic heterocycles. The third-order valence-electron chi connectivity index (χ3n) is 2.97. The fourth-order valence-corrected chi connectivity index (χ4v) is 2.68. The molecule has 1 aliphatic rings. The highest BCUT2D eigenvalue weighted by Gasteiger charge is 2.37. The van der Waals surface area contributed by atoms with Gasteiger partial charge in [0.1, 0.15) is 0 Å². The number of carbonyl (C=O) groups is 1. The molecular weight excluding hydrogens is 226 g/mol. The van der Waals surface area contributed by atoms with Crippen LogP contribution in [0.4, 0.5) is 0 Å². The van der Waals surface area contributed by atoms with E-state index in [0.29, 0.717) is 13.2 Å². The lowest BCUT2D eigenvalue weighted by Gasteiger charge is -2.28. The summed E-state index contributed by atoms with van der Waals surface area (Å²) in [4.78, 5) is 13.3. The molecule has 1 rings (SSSR count). The highest BCUT2D eigenvalue weighted by Crippen LogP contribution is 2.20. The van der Waals surface area contributed by atoms with E-state index in [1.165, 1.54) is 0 Å². The number of hydrogen-bond acceptors (Lipinski definition) is 4. The number of thioether (sulfide) groups is 1. The third kappa shape index (κ3) is 3.64. The van der Waals surface area contributed by atoms with Crippen molar-refractivity contribution >= 4 is 17.7 Å². The number of aliphatic carboxylic acids is 1. The van der Waals surface area contributed by atoms with Gasteiger partial charge < -0.3 is 9.84 Å². The van der Waals surface area contributed by atoms with E-state index in [9.17, 15) is 4.79 Å². The lowest BCUT2D eigenvalue weighted by atomic mass is 10.0. The van der Waals surface area contributed by atoms with Gasteiger partial charge in [-0.1, -0.05) is 13.8 Å². The summed E-state index contributed by atoms with van der Waals surface area (Å²) in [5.74, 6) is 1.09. The van der Waals surface area contributed by atoms with E-state index in [0.717, 1.165) is 24.6 Å². The summed E-state index contributed by atoms with van der Waals surface area (Å²) >= 11 is 1.89. The van der Waals surface area contributed by atoms with Crippen molar-refractivity contribution < 1.29 is 14.6 Å². The number of likely N-dealkylation sites (N-methyl/N-ethyl adjacent to an activating group) is 1. The molecule has 1 saturated heterocycles. The summed E-state index contributed by atoms with van der Waals surface area (Å²) in [5, 5.41) is 9.09. The maximum absolute atomic E-state index is 11.1. The first-order chi connectivity index (χ1) is 7.70. The summed E-state index contributed by atoms with van der Waals surface area (Å²) in [6, 6.07) is 0.0555. The molecule has 16 heavy (non-hydrogen) atoms. The number of carboxylic acids is 1. The van der Waals surface area contributed by atoms with Crippen LogP contribution in [0.15, 0.2) is 0 Å². The van der Waals surface area contributed by atoms with Crippen LogP contribution in [0.2, 0.25) is 0 Å². The quantitative estimate of drug-likeness (QED) is 0.684. The molecule has 0 saturated carbocycles. The molecule has 1 fully saturated rings. The van der Waals surface area contributed by atoms with E-state index < -0.39 is 5.97 Å². The molecule has 0 aromatic rings. The topological polar surface area (TPSA) is 49.8 Å². The van der Waals surface area contributed by atoms with Gasteiger partial charge >= 0.3 is 5.97 Å². The van der Waals surface area contributed by atoms with Crippen molar-refractivity contribution in [1.82, 2.24) is 4.90 Å². The molecule has 0 spiro atoms. The zero-order valence-corrected chi connectivity index (χ0v) is 10.8. The number of ether oxygens (including phenoxy) is 1. The molecule has 1 heterocycles. The first kappa shape index (κ1) is 13.8. The van der Waals surface area contributed by atoms with Crippen molar-refractivity contribution in [3.8, 4) is 0 Å². The van der Waals surface area contributed by atoms with Crippen LogP contribution >= 0.6 is 11.8 Å². The Hall–Kier alpha value is -0.260. The highest BCUT2D eigenvalue weighted by atomic mass is 32.2. The summed E-state index contributed by atoms with van der Waals surface area (Å²) < 4.78 is 5.29. The van der Waals surface area contributed by atoms with E-state index in [-0.39, 0.29) is 12.0 Å². The van der Waals surface area contributed by atoms with E-state index in [1.807, 2.05) is 11.8 Å². The predicted octanol–water partition coefficient (Wildman–Crippen LogP) is 1.16. The van der Waals surface area contributed by atoms with E-state index in [2.05, 4.69) is 18.7 Å². The molecule has 0 aromatic carbocycles. The van der Waals surface area contributed by atoms with Gasteiger partial charge in [-0.2, -0.15) is 11.8 Å². The van der Waals surface area contributed by atoms with Crippen molar-refractivity contribution in [2.45, 2.75) is 19.9 Å². The van der Waals surface area contributed by atoms with E-state index in [4.69, 9.17) is 9.84 Å². The Bertz CT molecular complexity index is 225. The maximum Gasteiger partial charge on any atom is 0.310 e. The Labute approximate surface area is 101 Å². The zero-order valence-electron chi connectivity index (χ0n) is 10.0.